The van der Waals surface area contributed by atoms with Gasteiger partial charge in [-0.2, -0.15) is 0 Å². The van der Waals surface area contributed by atoms with Crippen molar-refractivity contribution in [2.45, 2.75) is 44.4 Å². The zero-order valence-electron chi connectivity index (χ0n) is 18.1. The maximum Gasteiger partial charge on any atom is 0.282 e. The van der Waals surface area contributed by atoms with Gasteiger partial charge in [-0.3, -0.25) is 19.5 Å². The zero-order chi connectivity index (χ0) is 23.4. The molecule has 13 heteroatoms. The number of nitrogens with one attached hydrogen (secondary N) is 2. The number of amides is 1. The molecule has 1 saturated carbocycles. The molecule has 11 nitrogen and oxygen atoms in total. The molecule has 1 fully saturated rings. The average molecular weight is 490 g/mol. The fourth-order valence-electron chi connectivity index (χ4n) is 3.02. The number of carbonyl (C=O) groups is 1. The van der Waals surface area contributed by atoms with Gasteiger partial charge in [-0.25, -0.2) is 13.4 Å². The Kier molecular flexibility index (Phi) is 6.79. The molecule has 0 saturated heterocycles. The van der Waals surface area contributed by atoms with Crippen molar-refractivity contribution in [1.29, 1.82) is 0 Å². The Bertz CT molecular complexity index is 1240. The summed E-state index contributed by atoms with van der Waals surface area (Å²) in [5.41, 5.74) is 1.43. The first-order valence-electron chi connectivity index (χ1n) is 10.5. The van der Waals surface area contributed by atoms with E-state index in [4.69, 9.17) is 4.74 Å². The summed E-state index contributed by atoms with van der Waals surface area (Å²) in [5, 5.41) is 11.2. The van der Waals surface area contributed by atoms with Crippen LogP contribution in [0.5, 0.6) is 5.88 Å². The summed E-state index contributed by atoms with van der Waals surface area (Å²) in [4.78, 5) is 25.5. The molecule has 1 amide bonds. The van der Waals surface area contributed by atoms with Crippen LogP contribution in [0.2, 0.25) is 0 Å². The molecule has 174 valence electrons. The second-order valence-electron chi connectivity index (χ2n) is 7.34. The number of anilines is 1. The molecule has 33 heavy (non-hydrogen) atoms. The lowest BCUT2D eigenvalue weighted by molar-refractivity contribution is 0.0933. The molecule has 1 aliphatic rings. The van der Waals surface area contributed by atoms with Gasteiger partial charge in [0, 0.05) is 6.20 Å². The van der Waals surface area contributed by atoms with Crippen molar-refractivity contribution in [3.8, 4) is 16.6 Å². The van der Waals surface area contributed by atoms with Crippen molar-refractivity contribution in [3.63, 3.8) is 0 Å². The van der Waals surface area contributed by atoms with E-state index in [0.29, 0.717) is 53.8 Å². The van der Waals surface area contributed by atoms with E-state index in [0.717, 1.165) is 11.3 Å². The van der Waals surface area contributed by atoms with Crippen molar-refractivity contribution >= 4 is 33.0 Å². The molecule has 1 unspecified atom stereocenters. The summed E-state index contributed by atoms with van der Waals surface area (Å²) in [7, 11) is -3.39. The van der Waals surface area contributed by atoms with Crippen LogP contribution in [0.3, 0.4) is 0 Å². The Morgan fingerprint density at radius 2 is 2.09 bits per heavy atom. The van der Waals surface area contributed by atoms with E-state index < -0.39 is 22.0 Å². The Labute approximate surface area is 195 Å². The summed E-state index contributed by atoms with van der Waals surface area (Å²) in [5.74, 6) is -0.0456. The van der Waals surface area contributed by atoms with Crippen molar-refractivity contribution in [2.75, 3.05) is 11.3 Å². The highest BCUT2D eigenvalue weighted by molar-refractivity contribution is 7.93. The molecule has 1 aliphatic carbocycles. The third-order valence-electron chi connectivity index (χ3n) is 4.82. The predicted molar refractivity (Wildman–Crippen MR) is 122 cm³/mol. The van der Waals surface area contributed by atoms with Crippen LogP contribution < -0.4 is 14.8 Å². The number of pyridine rings is 1. The molecular formula is C20H23N7O4S2. The zero-order valence-corrected chi connectivity index (χ0v) is 19.7. The molecule has 0 aliphatic heterocycles. The molecule has 0 aromatic carbocycles. The van der Waals surface area contributed by atoms with E-state index in [9.17, 15) is 13.2 Å². The van der Waals surface area contributed by atoms with Crippen LogP contribution in [0.15, 0.2) is 30.7 Å². The van der Waals surface area contributed by atoms with Crippen LogP contribution in [0.25, 0.3) is 10.7 Å². The number of nitrogens with zero attached hydrogens (tertiary/aromatic N) is 5. The third-order valence-corrected chi connectivity index (χ3v) is 7.63. The number of rotatable bonds is 10. The first-order valence-corrected chi connectivity index (χ1v) is 12.8. The third kappa shape index (κ3) is 5.60. The second-order valence-corrected chi connectivity index (χ2v) is 10.3. The van der Waals surface area contributed by atoms with Crippen molar-refractivity contribution in [3.05, 3.63) is 41.4 Å². The lowest BCUT2D eigenvalue weighted by atomic mass is 10.1. The number of carbonyl (C=O) groups excluding carboxylic acids is 1. The first-order chi connectivity index (χ1) is 15.9. The Morgan fingerprint density at radius 1 is 1.27 bits per heavy atom. The van der Waals surface area contributed by atoms with Crippen LogP contribution in [-0.2, 0) is 10.0 Å². The molecule has 3 aromatic rings. The van der Waals surface area contributed by atoms with Gasteiger partial charge in [-0.15, -0.1) is 10.2 Å². The number of hydrogen-bond donors (Lipinski definition) is 2. The normalized spacial score (nSPS) is 14.5. The summed E-state index contributed by atoms with van der Waals surface area (Å²) < 4.78 is 32.4. The molecule has 0 spiro atoms. The van der Waals surface area contributed by atoms with Crippen molar-refractivity contribution < 1.29 is 17.9 Å². The smallest absolute Gasteiger partial charge is 0.282 e. The molecule has 3 aromatic heterocycles. The average Bonchev–Trinajstić information content (AvgIpc) is 3.56. The van der Waals surface area contributed by atoms with E-state index in [1.807, 2.05) is 13.8 Å². The molecule has 2 N–H and O–H groups in total. The second kappa shape index (κ2) is 9.75. The molecular weight excluding hydrogens is 466 g/mol. The molecule has 4 rings (SSSR count). The van der Waals surface area contributed by atoms with Gasteiger partial charge in [-0.05, 0) is 38.3 Å². The van der Waals surface area contributed by atoms with Crippen LogP contribution >= 0.6 is 11.3 Å². The molecule has 3 heterocycles. The van der Waals surface area contributed by atoms with Gasteiger partial charge >= 0.3 is 0 Å². The van der Waals surface area contributed by atoms with Gasteiger partial charge in [0.25, 0.3) is 5.91 Å². The van der Waals surface area contributed by atoms with Gasteiger partial charge in [-0.1, -0.05) is 18.3 Å². The Morgan fingerprint density at radius 3 is 2.82 bits per heavy atom. The number of aromatic nitrogens is 5. The molecule has 0 bridgehead atoms. The van der Waals surface area contributed by atoms with E-state index in [-0.39, 0.29) is 10.3 Å². The fraction of sp³-hybridized carbons (Fsp3) is 0.400. The fourth-order valence-corrected chi connectivity index (χ4v) is 5.10. The van der Waals surface area contributed by atoms with Crippen LogP contribution in [0.1, 0.15) is 54.6 Å². The van der Waals surface area contributed by atoms with Gasteiger partial charge in [0.05, 0.1) is 41.7 Å². The largest absolute Gasteiger partial charge is 0.477 e. The van der Waals surface area contributed by atoms with E-state index in [2.05, 4.69) is 35.2 Å². The minimum Gasteiger partial charge on any atom is -0.477 e. The van der Waals surface area contributed by atoms with E-state index in [1.54, 1.807) is 12.1 Å². The minimum atomic E-state index is -3.39. The molecule has 1 atom stereocenters. The Hall–Kier alpha value is -3.19. The SMILES string of the molecule is CCOc1cncc(-c2nnc(C(=O)NC(CC)c3cc(NS(=O)(=O)C4CC4)ccn3)s2)n1. The van der Waals surface area contributed by atoms with Gasteiger partial charge < -0.3 is 10.1 Å². The summed E-state index contributed by atoms with van der Waals surface area (Å²) >= 11 is 1.09. The maximum absolute atomic E-state index is 12.8. The quantitative estimate of drug-likeness (QED) is 0.438. The van der Waals surface area contributed by atoms with E-state index in [1.165, 1.54) is 18.6 Å². The van der Waals surface area contributed by atoms with Crippen molar-refractivity contribution in [1.82, 2.24) is 30.5 Å². The number of sulfonamides is 1. The number of ether oxygens (including phenoxy) is 1. The van der Waals surface area contributed by atoms with Gasteiger partial charge in [0.1, 0.15) is 5.69 Å². The predicted octanol–water partition coefficient (Wildman–Crippen LogP) is 2.57. The van der Waals surface area contributed by atoms with Crippen LogP contribution in [0, 0.1) is 0 Å². The monoisotopic (exact) mass is 489 g/mol. The number of hydrogen-bond acceptors (Lipinski definition) is 10. The van der Waals surface area contributed by atoms with E-state index >= 15 is 0 Å². The highest BCUT2D eigenvalue weighted by atomic mass is 32.2. The summed E-state index contributed by atoms with van der Waals surface area (Å²) in [6.45, 7) is 4.20. The van der Waals surface area contributed by atoms with Crippen LogP contribution in [0.4, 0.5) is 5.69 Å². The van der Waals surface area contributed by atoms with Crippen molar-refractivity contribution in [2.24, 2.45) is 0 Å². The Balaban J connectivity index is 1.46. The molecule has 0 radical (unpaired) electrons. The summed E-state index contributed by atoms with van der Waals surface area (Å²) in [6, 6.07) is 2.79. The minimum absolute atomic E-state index is 0.164. The van der Waals surface area contributed by atoms with Gasteiger partial charge in [0.2, 0.25) is 20.9 Å². The maximum atomic E-state index is 12.8. The van der Waals surface area contributed by atoms with Crippen LogP contribution in [-0.4, -0.2) is 51.3 Å². The summed E-state index contributed by atoms with van der Waals surface area (Å²) in [6.07, 6.45) is 6.43. The highest BCUT2D eigenvalue weighted by Gasteiger charge is 2.35. The lowest BCUT2D eigenvalue weighted by Gasteiger charge is -2.16. The highest BCUT2D eigenvalue weighted by Crippen LogP contribution is 2.30. The standard InChI is InChI=1S/C20H23N7O4S2/c1-3-14(15-9-12(7-8-22-15)27-33(29,30)13-5-6-13)24-18(28)20-26-25-19(32-20)16-10-21-11-17(23-16)31-4-2/h7-11,13-14H,3-6H2,1-2H3,(H,22,27)(H,24,28). The topological polar surface area (TPSA) is 149 Å². The van der Waals surface area contributed by atoms with Gasteiger partial charge in [0.15, 0.2) is 5.01 Å². The lowest BCUT2D eigenvalue weighted by Crippen LogP contribution is -2.29. The first kappa shape index (κ1) is 23.0.